The quantitative estimate of drug-likeness (QED) is 0.851. The highest BCUT2D eigenvalue weighted by Crippen LogP contribution is 2.30. The van der Waals surface area contributed by atoms with Crippen molar-refractivity contribution in [3.05, 3.63) is 47.0 Å². The second kappa shape index (κ2) is 6.11. The Morgan fingerprint density at radius 1 is 1.20 bits per heavy atom. The number of hydrogen-bond donors (Lipinski definition) is 1. The van der Waals surface area contributed by atoms with Crippen LogP contribution in [0.3, 0.4) is 0 Å². The van der Waals surface area contributed by atoms with Crippen LogP contribution >= 0.6 is 0 Å². The van der Waals surface area contributed by atoms with Gasteiger partial charge in [0.15, 0.2) is 0 Å². The van der Waals surface area contributed by atoms with Crippen LogP contribution in [0.1, 0.15) is 44.4 Å². The van der Waals surface area contributed by atoms with Gasteiger partial charge < -0.3 is 5.73 Å². The van der Waals surface area contributed by atoms with E-state index < -0.39 is 0 Å². The summed E-state index contributed by atoms with van der Waals surface area (Å²) in [4.78, 5) is 2.46. The van der Waals surface area contributed by atoms with Gasteiger partial charge in [-0.2, -0.15) is 0 Å². The second-order valence-electron chi connectivity index (χ2n) is 7.01. The molecule has 0 spiro atoms. The first-order valence-electron chi connectivity index (χ1n) is 7.60. The number of rotatable bonds is 3. The van der Waals surface area contributed by atoms with Crippen molar-refractivity contribution in [1.29, 1.82) is 0 Å². The maximum Gasteiger partial charge on any atom is 0.0424 e. The van der Waals surface area contributed by atoms with Gasteiger partial charge in [0.2, 0.25) is 0 Å². The van der Waals surface area contributed by atoms with Gasteiger partial charge in [0, 0.05) is 25.7 Å². The van der Waals surface area contributed by atoms with Crippen LogP contribution in [0.4, 0.5) is 0 Å². The van der Waals surface area contributed by atoms with Gasteiger partial charge in [0.05, 0.1) is 0 Å². The van der Waals surface area contributed by atoms with Gasteiger partial charge in [-0.3, -0.25) is 4.90 Å². The maximum absolute atomic E-state index is 6.33. The fourth-order valence-electron chi connectivity index (χ4n) is 2.76. The van der Waals surface area contributed by atoms with Gasteiger partial charge in [-0.25, -0.2) is 0 Å². The van der Waals surface area contributed by atoms with Crippen LogP contribution in [0.25, 0.3) is 0 Å². The molecule has 1 heterocycles. The van der Waals surface area contributed by atoms with E-state index in [1.54, 1.807) is 5.57 Å². The van der Waals surface area contributed by atoms with Gasteiger partial charge in [-0.15, -0.1) is 0 Å². The Labute approximate surface area is 123 Å². The molecule has 0 saturated carbocycles. The van der Waals surface area contributed by atoms with Gasteiger partial charge in [0.25, 0.3) is 0 Å². The summed E-state index contributed by atoms with van der Waals surface area (Å²) in [7, 11) is 0. The molecule has 0 saturated heterocycles. The Morgan fingerprint density at radius 3 is 2.35 bits per heavy atom. The normalized spacial score (nSPS) is 18.8. The molecule has 1 atom stereocenters. The number of nitrogens with zero attached hydrogens (tertiary/aromatic N) is 1. The van der Waals surface area contributed by atoms with E-state index in [1.807, 2.05) is 0 Å². The average molecular weight is 272 g/mol. The monoisotopic (exact) mass is 272 g/mol. The summed E-state index contributed by atoms with van der Waals surface area (Å²) in [5.74, 6) is 0. The van der Waals surface area contributed by atoms with Crippen molar-refractivity contribution < 1.29 is 0 Å². The zero-order valence-corrected chi connectivity index (χ0v) is 13.3. The number of hydrogen-bond acceptors (Lipinski definition) is 2. The van der Waals surface area contributed by atoms with Crippen LogP contribution in [0.2, 0.25) is 0 Å². The molecular formula is C18H28N2. The fourth-order valence-corrected chi connectivity index (χ4v) is 2.76. The van der Waals surface area contributed by atoms with Crippen molar-refractivity contribution in [2.45, 2.75) is 40.2 Å². The highest BCUT2D eigenvalue weighted by atomic mass is 15.1. The SMILES string of the molecule is Cc1ccc(C(N)CN2CC=C(C(C)(C)C)CC2)cc1. The molecule has 0 bridgehead atoms. The standard InChI is InChI=1S/C18H28N2/c1-14-5-7-15(8-6-14)17(19)13-20-11-9-16(10-12-20)18(2,3)4/h5-9,17H,10-13,19H2,1-4H3. The third-order valence-corrected chi connectivity index (χ3v) is 4.22. The Bertz CT molecular complexity index is 465. The lowest BCUT2D eigenvalue weighted by Crippen LogP contribution is -2.36. The highest BCUT2D eigenvalue weighted by Gasteiger charge is 2.22. The van der Waals surface area contributed by atoms with Crippen molar-refractivity contribution in [2.24, 2.45) is 11.1 Å². The van der Waals surface area contributed by atoms with Crippen LogP contribution in [-0.4, -0.2) is 24.5 Å². The summed E-state index contributed by atoms with van der Waals surface area (Å²) >= 11 is 0. The van der Waals surface area contributed by atoms with Gasteiger partial charge in [-0.05, 0) is 24.3 Å². The summed E-state index contributed by atoms with van der Waals surface area (Å²) in [6.45, 7) is 12.1. The van der Waals surface area contributed by atoms with E-state index in [-0.39, 0.29) is 6.04 Å². The van der Waals surface area contributed by atoms with Crippen LogP contribution in [0, 0.1) is 12.3 Å². The molecule has 1 unspecified atom stereocenters. The molecule has 1 aliphatic rings. The molecule has 1 aromatic carbocycles. The molecular weight excluding hydrogens is 244 g/mol. The molecule has 0 aliphatic carbocycles. The zero-order valence-electron chi connectivity index (χ0n) is 13.3. The van der Waals surface area contributed by atoms with Crippen molar-refractivity contribution >= 4 is 0 Å². The molecule has 2 nitrogen and oxygen atoms in total. The van der Waals surface area contributed by atoms with E-state index in [9.17, 15) is 0 Å². The fraction of sp³-hybridized carbons (Fsp3) is 0.556. The summed E-state index contributed by atoms with van der Waals surface area (Å²) < 4.78 is 0. The molecule has 2 rings (SSSR count). The number of benzene rings is 1. The van der Waals surface area contributed by atoms with Crippen molar-refractivity contribution in [2.75, 3.05) is 19.6 Å². The number of aryl methyl sites for hydroxylation is 1. The Balaban J connectivity index is 1.92. The summed E-state index contributed by atoms with van der Waals surface area (Å²) in [5.41, 5.74) is 10.8. The van der Waals surface area contributed by atoms with E-state index >= 15 is 0 Å². The summed E-state index contributed by atoms with van der Waals surface area (Å²) in [6, 6.07) is 8.70. The largest absolute Gasteiger partial charge is 0.323 e. The van der Waals surface area contributed by atoms with Crippen molar-refractivity contribution in [3.63, 3.8) is 0 Å². The Morgan fingerprint density at radius 2 is 1.85 bits per heavy atom. The first kappa shape index (κ1) is 15.3. The van der Waals surface area contributed by atoms with Crippen molar-refractivity contribution in [3.8, 4) is 0 Å². The van der Waals surface area contributed by atoms with Gasteiger partial charge >= 0.3 is 0 Å². The average Bonchev–Trinajstić information content (AvgIpc) is 2.39. The van der Waals surface area contributed by atoms with E-state index in [2.05, 4.69) is 62.9 Å². The topological polar surface area (TPSA) is 29.3 Å². The summed E-state index contributed by atoms with van der Waals surface area (Å²) in [6.07, 6.45) is 3.56. The molecule has 1 aliphatic heterocycles. The summed E-state index contributed by atoms with van der Waals surface area (Å²) in [5, 5.41) is 0. The minimum absolute atomic E-state index is 0.111. The molecule has 0 fully saturated rings. The molecule has 0 amide bonds. The zero-order chi connectivity index (χ0) is 14.8. The molecule has 0 aromatic heterocycles. The van der Waals surface area contributed by atoms with Gasteiger partial charge in [0.1, 0.15) is 0 Å². The molecule has 20 heavy (non-hydrogen) atoms. The smallest absolute Gasteiger partial charge is 0.0424 e. The van der Waals surface area contributed by atoms with E-state index in [0.29, 0.717) is 5.41 Å². The molecule has 110 valence electrons. The first-order valence-corrected chi connectivity index (χ1v) is 7.60. The van der Waals surface area contributed by atoms with Crippen LogP contribution in [0.5, 0.6) is 0 Å². The lowest BCUT2D eigenvalue weighted by Gasteiger charge is -2.33. The van der Waals surface area contributed by atoms with E-state index in [0.717, 1.165) is 19.6 Å². The van der Waals surface area contributed by atoms with Crippen LogP contribution in [-0.2, 0) is 0 Å². The minimum Gasteiger partial charge on any atom is -0.323 e. The van der Waals surface area contributed by atoms with Crippen LogP contribution in [0.15, 0.2) is 35.9 Å². The molecule has 0 radical (unpaired) electrons. The second-order valence-corrected chi connectivity index (χ2v) is 7.01. The van der Waals surface area contributed by atoms with E-state index in [1.165, 1.54) is 17.5 Å². The third-order valence-electron chi connectivity index (χ3n) is 4.22. The van der Waals surface area contributed by atoms with Gasteiger partial charge in [-0.1, -0.05) is 62.2 Å². The first-order chi connectivity index (χ1) is 9.36. The van der Waals surface area contributed by atoms with E-state index in [4.69, 9.17) is 5.73 Å². The highest BCUT2D eigenvalue weighted by molar-refractivity contribution is 5.24. The third kappa shape index (κ3) is 3.94. The minimum atomic E-state index is 0.111. The predicted octanol–water partition coefficient (Wildman–Crippen LogP) is 3.67. The Hall–Kier alpha value is -1.12. The lowest BCUT2D eigenvalue weighted by molar-refractivity contribution is 0.263. The lowest BCUT2D eigenvalue weighted by atomic mass is 9.83. The Kier molecular flexibility index (Phi) is 4.66. The predicted molar refractivity (Wildman–Crippen MR) is 86.7 cm³/mol. The maximum atomic E-state index is 6.33. The number of nitrogens with two attached hydrogens (primary N) is 1. The molecule has 1 aromatic rings. The molecule has 2 N–H and O–H groups in total. The molecule has 2 heteroatoms. The van der Waals surface area contributed by atoms with Crippen LogP contribution < -0.4 is 5.73 Å². The van der Waals surface area contributed by atoms with Crippen molar-refractivity contribution in [1.82, 2.24) is 4.90 Å².